The minimum Gasteiger partial charge on any atom is -0.495 e. The summed E-state index contributed by atoms with van der Waals surface area (Å²) < 4.78 is 10.3. The maximum atomic E-state index is 12.3. The number of nitro benzene ring substituents is 1. The van der Waals surface area contributed by atoms with Gasteiger partial charge < -0.3 is 14.8 Å². The van der Waals surface area contributed by atoms with Crippen molar-refractivity contribution >= 4 is 23.3 Å². The lowest BCUT2D eigenvalue weighted by molar-refractivity contribution is -0.384. The fourth-order valence-corrected chi connectivity index (χ4v) is 2.80. The second kappa shape index (κ2) is 8.46. The molecular formula is C17H22N2O6. The number of hydrogen-bond acceptors (Lipinski definition) is 6. The number of carbonyl (C=O) groups is 2. The molecule has 0 aromatic heterocycles. The molecule has 2 rings (SSSR count). The number of nitrogens with one attached hydrogen (secondary N) is 1. The second-order valence-corrected chi connectivity index (χ2v) is 6.04. The maximum Gasteiger partial charge on any atom is 0.309 e. The van der Waals surface area contributed by atoms with E-state index in [0.29, 0.717) is 0 Å². The van der Waals surface area contributed by atoms with Crippen molar-refractivity contribution in [3.63, 3.8) is 0 Å². The van der Waals surface area contributed by atoms with Crippen molar-refractivity contribution < 1.29 is 24.0 Å². The number of anilines is 1. The van der Waals surface area contributed by atoms with E-state index in [9.17, 15) is 19.7 Å². The smallest absolute Gasteiger partial charge is 0.309 e. The van der Waals surface area contributed by atoms with Gasteiger partial charge in [-0.1, -0.05) is 19.3 Å². The Morgan fingerprint density at radius 1 is 1.28 bits per heavy atom. The Hall–Kier alpha value is -2.64. The molecule has 0 heterocycles. The molecule has 25 heavy (non-hydrogen) atoms. The van der Waals surface area contributed by atoms with Crippen molar-refractivity contribution in [1.82, 2.24) is 0 Å². The lowest BCUT2D eigenvalue weighted by Gasteiger charge is -2.22. The van der Waals surface area contributed by atoms with Crippen LogP contribution in [0.5, 0.6) is 5.75 Å². The Bertz CT molecular complexity index is 655. The summed E-state index contributed by atoms with van der Waals surface area (Å²) in [6.07, 6.45) is 3.67. The highest BCUT2D eigenvalue weighted by Crippen LogP contribution is 2.29. The number of carbonyl (C=O) groups excluding carboxylic acids is 2. The van der Waals surface area contributed by atoms with Gasteiger partial charge in [-0.05, 0) is 25.8 Å². The molecule has 8 nitrogen and oxygen atoms in total. The van der Waals surface area contributed by atoms with Gasteiger partial charge in [-0.3, -0.25) is 19.7 Å². The molecule has 1 fully saturated rings. The van der Waals surface area contributed by atoms with Gasteiger partial charge in [-0.15, -0.1) is 0 Å². The zero-order valence-corrected chi connectivity index (χ0v) is 14.3. The predicted octanol–water partition coefficient (Wildman–Crippen LogP) is 3.05. The van der Waals surface area contributed by atoms with Crippen LogP contribution < -0.4 is 10.1 Å². The third-order valence-corrected chi connectivity index (χ3v) is 4.25. The van der Waals surface area contributed by atoms with E-state index >= 15 is 0 Å². The van der Waals surface area contributed by atoms with Crippen LogP contribution in [-0.2, 0) is 14.3 Å². The van der Waals surface area contributed by atoms with Crippen LogP contribution in [0, 0.1) is 16.0 Å². The molecule has 0 saturated heterocycles. The summed E-state index contributed by atoms with van der Waals surface area (Å²) in [5.74, 6) is -0.808. The summed E-state index contributed by atoms with van der Waals surface area (Å²) >= 11 is 0. The highest BCUT2D eigenvalue weighted by atomic mass is 16.6. The molecule has 136 valence electrons. The number of non-ortho nitro benzene ring substituents is 1. The molecule has 0 aliphatic heterocycles. The van der Waals surface area contributed by atoms with Crippen molar-refractivity contribution in [2.45, 2.75) is 45.1 Å². The van der Waals surface area contributed by atoms with Gasteiger partial charge in [0.2, 0.25) is 0 Å². The summed E-state index contributed by atoms with van der Waals surface area (Å²) in [5, 5.41) is 13.4. The first-order chi connectivity index (χ1) is 11.9. The van der Waals surface area contributed by atoms with Crippen LogP contribution in [0.4, 0.5) is 11.4 Å². The van der Waals surface area contributed by atoms with E-state index in [1.807, 2.05) is 0 Å². The van der Waals surface area contributed by atoms with E-state index < -0.39 is 16.9 Å². The number of hydrogen-bond donors (Lipinski definition) is 1. The minimum atomic E-state index is -1.00. The molecule has 1 N–H and O–H groups in total. The fourth-order valence-electron chi connectivity index (χ4n) is 2.80. The quantitative estimate of drug-likeness (QED) is 0.480. The van der Waals surface area contributed by atoms with E-state index in [-0.39, 0.29) is 29.0 Å². The number of rotatable bonds is 6. The fraction of sp³-hybridized carbons (Fsp3) is 0.529. The van der Waals surface area contributed by atoms with Gasteiger partial charge in [-0.2, -0.15) is 0 Å². The van der Waals surface area contributed by atoms with Crippen LogP contribution in [-0.4, -0.2) is 30.0 Å². The van der Waals surface area contributed by atoms with E-state index in [1.165, 1.54) is 32.2 Å². The first-order valence-electron chi connectivity index (χ1n) is 8.26. The number of nitrogens with zero attached hydrogens (tertiary/aromatic N) is 1. The molecule has 1 atom stereocenters. The molecule has 1 aromatic rings. The zero-order chi connectivity index (χ0) is 18.4. The summed E-state index contributed by atoms with van der Waals surface area (Å²) in [5.41, 5.74) is -0.0229. The minimum absolute atomic E-state index is 0.155. The van der Waals surface area contributed by atoms with Crippen LogP contribution in [0.2, 0.25) is 0 Å². The third kappa shape index (κ3) is 4.91. The zero-order valence-electron chi connectivity index (χ0n) is 14.3. The monoisotopic (exact) mass is 350 g/mol. The lowest BCUT2D eigenvalue weighted by Crippen LogP contribution is -2.33. The van der Waals surface area contributed by atoms with Crippen molar-refractivity contribution in [3.8, 4) is 5.75 Å². The number of benzene rings is 1. The standard InChI is InChI=1S/C17H22N2O6/c1-11(25-17(21)12-6-4-3-5-7-12)16(20)18-14-10-13(19(22)23)8-9-15(14)24-2/h8-12H,3-7H2,1-2H3,(H,18,20). The van der Waals surface area contributed by atoms with Crippen molar-refractivity contribution in [2.24, 2.45) is 5.92 Å². The summed E-state index contributed by atoms with van der Waals surface area (Å²) in [6.45, 7) is 1.47. The van der Waals surface area contributed by atoms with Gasteiger partial charge in [-0.25, -0.2) is 0 Å². The Kier molecular flexibility index (Phi) is 6.32. The van der Waals surface area contributed by atoms with E-state index in [4.69, 9.17) is 9.47 Å². The molecule has 0 bridgehead atoms. The van der Waals surface area contributed by atoms with Gasteiger partial charge in [0.05, 0.1) is 23.6 Å². The molecule has 0 radical (unpaired) electrons. The van der Waals surface area contributed by atoms with Crippen LogP contribution in [0.3, 0.4) is 0 Å². The van der Waals surface area contributed by atoms with Crippen molar-refractivity contribution in [2.75, 3.05) is 12.4 Å². The molecular weight excluding hydrogens is 328 g/mol. The Morgan fingerprint density at radius 3 is 2.56 bits per heavy atom. The van der Waals surface area contributed by atoms with Gasteiger partial charge in [0.15, 0.2) is 6.10 Å². The SMILES string of the molecule is COc1ccc([N+](=O)[O-])cc1NC(=O)C(C)OC(=O)C1CCCCC1. The average Bonchev–Trinajstić information content (AvgIpc) is 2.62. The average molecular weight is 350 g/mol. The molecule has 0 spiro atoms. The summed E-state index contributed by atoms with van der Waals surface area (Å²) in [6, 6.07) is 3.87. The molecule has 1 amide bonds. The second-order valence-electron chi connectivity index (χ2n) is 6.04. The number of nitro groups is 1. The first kappa shape index (κ1) is 18.7. The normalized spacial score (nSPS) is 15.9. The topological polar surface area (TPSA) is 108 Å². The summed E-state index contributed by atoms with van der Waals surface area (Å²) in [7, 11) is 1.39. The van der Waals surface area contributed by atoms with Gasteiger partial charge >= 0.3 is 5.97 Å². The molecule has 1 saturated carbocycles. The largest absolute Gasteiger partial charge is 0.495 e. The van der Waals surface area contributed by atoms with E-state index in [2.05, 4.69) is 5.32 Å². The first-order valence-corrected chi connectivity index (χ1v) is 8.26. The van der Waals surface area contributed by atoms with Gasteiger partial charge in [0.1, 0.15) is 5.75 Å². The van der Waals surface area contributed by atoms with Crippen LogP contribution in [0.25, 0.3) is 0 Å². The Balaban J connectivity index is 2.01. The molecule has 1 aromatic carbocycles. The Morgan fingerprint density at radius 2 is 1.96 bits per heavy atom. The highest BCUT2D eigenvalue weighted by molar-refractivity contribution is 5.96. The van der Waals surface area contributed by atoms with Crippen molar-refractivity contribution in [1.29, 1.82) is 0 Å². The van der Waals surface area contributed by atoms with Gasteiger partial charge in [0, 0.05) is 12.1 Å². The van der Waals surface area contributed by atoms with Crippen LogP contribution in [0.15, 0.2) is 18.2 Å². The van der Waals surface area contributed by atoms with Crippen LogP contribution in [0.1, 0.15) is 39.0 Å². The molecule has 8 heteroatoms. The number of amides is 1. The predicted molar refractivity (Wildman–Crippen MR) is 90.4 cm³/mol. The van der Waals surface area contributed by atoms with E-state index in [1.54, 1.807) is 0 Å². The third-order valence-electron chi connectivity index (χ3n) is 4.25. The molecule has 1 aliphatic carbocycles. The highest BCUT2D eigenvalue weighted by Gasteiger charge is 2.27. The molecule has 1 aliphatic rings. The molecule has 1 unspecified atom stereocenters. The number of esters is 1. The summed E-state index contributed by atoms with van der Waals surface area (Å²) in [4.78, 5) is 34.7. The van der Waals surface area contributed by atoms with Crippen molar-refractivity contribution in [3.05, 3.63) is 28.3 Å². The lowest BCUT2D eigenvalue weighted by atomic mass is 9.89. The number of methoxy groups -OCH3 is 1. The van der Waals surface area contributed by atoms with Crippen LogP contribution >= 0.6 is 0 Å². The Labute approximate surface area is 145 Å². The van der Waals surface area contributed by atoms with E-state index in [0.717, 1.165) is 32.1 Å². The number of ether oxygens (including phenoxy) is 2. The van der Waals surface area contributed by atoms with Gasteiger partial charge in [0.25, 0.3) is 11.6 Å². The maximum absolute atomic E-state index is 12.3.